The minimum Gasteiger partial charge on any atom is -0.493 e. The van der Waals surface area contributed by atoms with Gasteiger partial charge >= 0.3 is 0 Å². The second kappa shape index (κ2) is 9.63. The fraction of sp³-hybridized carbons (Fsp3) is 0.0833. The van der Waals surface area contributed by atoms with Gasteiger partial charge in [-0.2, -0.15) is 0 Å². The molecule has 0 atom stereocenters. The van der Waals surface area contributed by atoms with E-state index in [9.17, 15) is 19.7 Å². The lowest BCUT2D eigenvalue weighted by molar-refractivity contribution is -0.384. The number of carbonyl (C=O) groups is 2. The van der Waals surface area contributed by atoms with Crippen molar-refractivity contribution < 1.29 is 24.0 Å². The van der Waals surface area contributed by atoms with Crippen LogP contribution in [0, 0.1) is 10.1 Å². The van der Waals surface area contributed by atoms with Crippen LogP contribution in [0.1, 0.15) is 11.1 Å². The number of halogens is 1. The highest BCUT2D eigenvalue weighted by Crippen LogP contribution is 2.37. The van der Waals surface area contributed by atoms with Crippen molar-refractivity contribution in [1.82, 2.24) is 5.43 Å². The minimum absolute atomic E-state index is 0.0352. The van der Waals surface area contributed by atoms with Crippen LogP contribution in [0.3, 0.4) is 0 Å². The van der Waals surface area contributed by atoms with Crippen molar-refractivity contribution in [1.29, 1.82) is 0 Å². The third-order valence-electron chi connectivity index (χ3n) is 5.00. The van der Waals surface area contributed by atoms with Gasteiger partial charge in [0, 0.05) is 28.8 Å². The number of para-hydroxylation sites is 1. The zero-order chi connectivity index (χ0) is 24.2. The van der Waals surface area contributed by atoms with E-state index in [1.54, 1.807) is 54.6 Å². The Hall–Kier alpha value is -4.37. The fourth-order valence-electron chi connectivity index (χ4n) is 3.34. The Morgan fingerprint density at radius 2 is 1.79 bits per heavy atom. The predicted octanol–water partition coefficient (Wildman–Crippen LogP) is 4.30. The van der Waals surface area contributed by atoms with Gasteiger partial charge in [-0.05, 0) is 42.0 Å². The number of nitro benzene ring substituents is 1. The molecule has 1 N–H and O–H groups in total. The van der Waals surface area contributed by atoms with Gasteiger partial charge in [0.05, 0.1) is 17.7 Å². The number of nitrogens with one attached hydrogen (secondary N) is 1. The Morgan fingerprint density at radius 3 is 2.44 bits per heavy atom. The third kappa shape index (κ3) is 4.69. The second-order valence-electron chi connectivity index (χ2n) is 7.21. The van der Waals surface area contributed by atoms with E-state index < -0.39 is 16.7 Å². The zero-order valence-electron chi connectivity index (χ0n) is 17.9. The van der Waals surface area contributed by atoms with E-state index in [-0.39, 0.29) is 23.6 Å². The van der Waals surface area contributed by atoms with Crippen molar-refractivity contribution >= 4 is 40.9 Å². The molecule has 1 heterocycles. The lowest BCUT2D eigenvalue weighted by Crippen LogP contribution is -2.35. The molecule has 2 amide bonds. The van der Waals surface area contributed by atoms with Crippen LogP contribution in [-0.4, -0.2) is 23.8 Å². The summed E-state index contributed by atoms with van der Waals surface area (Å²) >= 11 is 6.22. The van der Waals surface area contributed by atoms with Crippen molar-refractivity contribution in [3.05, 3.63) is 98.6 Å². The number of hydrogen-bond acceptors (Lipinski definition) is 6. The van der Waals surface area contributed by atoms with Gasteiger partial charge in [-0.15, -0.1) is 0 Å². The molecule has 3 aromatic rings. The maximum absolute atomic E-state index is 13.0. The highest BCUT2D eigenvalue weighted by molar-refractivity contribution is 6.32. The summed E-state index contributed by atoms with van der Waals surface area (Å²) in [6, 6.07) is 17.7. The van der Waals surface area contributed by atoms with Gasteiger partial charge in [0.15, 0.2) is 11.5 Å². The minimum atomic E-state index is -0.575. The predicted molar refractivity (Wildman–Crippen MR) is 125 cm³/mol. The number of hydrazine groups is 1. The van der Waals surface area contributed by atoms with Crippen LogP contribution >= 0.6 is 11.6 Å². The van der Waals surface area contributed by atoms with Gasteiger partial charge < -0.3 is 9.47 Å². The first-order chi connectivity index (χ1) is 16.4. The summed E-state index contributed by atoms with van der Waals surface area (Å²) in [5.74, 6) is -0.547. The van der Waals surface area contributed by atoms with Gasteiger partial charge in [0.25, 0.3) is 17.5 Å². The fourth-order valence-corrected chi connectivity index (χ4v) is 3.56. The average molecular weight is 480 g/mol. The maximum Gasteiger partial charge on any atom is 0.282 e. The lowest BCUT2D eigenvalue weighted by atomic mass is 10.1. The summed E-state index contributed by atoms with van der Waals surface area (Å²) in [5.41, 5.74) is 3.95. The normalized spacial score (nSPS) is 14.3. The standard InChI is InChI=1S/C24H18ClN3O6/c1-33-21-13-17(25)11-16(22(21)34-14-15-7-9-19(10-8-15)28(31)32)12-20-23(29)26-27(24(20)30)18-5-3-2-4-6-18/h2-13H,14H2,1H3,(H,26,29). The topological polar surface area (TPSA) is 111 Å². The molecule has 0 aromatic heterocycles. The highest BCUT2D eigenvalue weighted by atomic mass is 35.5. The monoisotopic (exact) mass is 479 g/mol. The number of anilines is 1. The number of non-ortho nitro benzene ring substituents is 1. The van der Waals surface area contributed by atoms with Gasteiger partial charge in [0.1, 0.15) is 12.2 Å². The second-order valence-corrected chi connectivity index (χ2v) is 7.65. The van der Waals surface area contributed by atoms with E-state index in [2.05, 4.69) is 5.43 Å². The Kier molecular flexibility index (Phi) is 6.46. The molecule has 34 heavy (non-hydrogen) atoms. The van der Waals surface area contributed by atoms with E-state index >= 15 is 0 Å². The summed E-state index contributed by atoms with van der Waals surface area (Å²) in [4.78, 5) is 35.9. The molecule has 9 nitrogen and oxygen atoms in total. The zero-order valence-corrected chi connectivity index (χ0v) is 18.6. The summed E-state index contributed by atoms with van der Waals surface area (Å²) in [6.45, 7) is 0.0580. The number of nitrogens with zero attached hydrogens (tertiary/aromatic N) is 2. The van der Waals surface area contributed by atoms with Gasteiger partial charge in [-0.1, -0.05) is 29.8 Å². The molecular formula is C24H18ClN3O6. The molecule has 4 rings (SSSR count). The molecule has 0 bridgehead atoms. The van der Waals surface area contributed by atoms with Crippen molar-refractivity contribution in [3.63, 3.8) is 0 Å². The third-order valence-corrected chi connectivity index (χ3v) is 5.22. The van der Waals surface area contributed by atoms with Crippen LogP contribution in [0.15, 0.2) is 72.3 Å². The maximum atomic E-state index is 13.0. The number of nitro groups is 1. The Balaban J connectivity index is 1.66. The smallest absolute Gasteiger partial charge is 0.282 e. The lowest BCUT2D eigenvalue weighted by Gasteiger charge is -2.15. The number of hydrogen-bond donors (Lipinski definition) is 1. The molecule has 0 unspecified atom stereocenters. The first kappa shape index (κ1) is 22.8. The highest BCUT2D eigenvalue weighted by Gasteiger charge is 2.34. The van der Waals surface area contributed by atoms with Gasteiger partial charge in [-0.25, -0.2) is 5.01 Å². The van der Waals surface area contributed by atoms with E-state index in [0.717, 1.165) is 5.01 Å². The van der Waals surface area contributed by atoms with Crippen molar-refractivity contribution in [2.45, 2.75) is 6.61 Å². The summed E-state index contributed by atoms with van der Waals surface area (Å²) < 4.78 is 11.3. The SMILES string of the molecule is COc1cc(Cl)cc(C=C2C(=O)NN(c3ccccc3)C2=O)c1OCc1ccc([N+](=O)[O-])cc1. The Bertz CT molecular complexity index is 1290. The van der Waals surface area contributed by atoms with Crippen LogP contribution in [-0.2, 0) is 16.2 Å². The van der Waals surface area contributed by atoms with E-state index in [0.29, 0.717) is 27.6 Å². The first-order valence-corrected chi connectivity index (χ1v) is 10.4. The van der Waals surface area contributed by atoms with E-state index in [4.69, 9.17) is 21.1 Å². The summed E-state index contributed by atoms with van der Waals surface area (Å²) in [7, 11) is 1.44. The molecule has 0 spiro atoms. The molecule has 172 valence electrons. The molecule has 3 aromatic carbocycles. The summed E-state index contributed by atoms with van der Waals surface area (Å²) in [6.07, 6.45) is 1.39. The first-order valence-electron chi connectivity index (χ1n) is 10.0. The average Bonchev–Trinajstić information content (AvgIpc) is 3.12. The van der Waals surface area contributed by atoms with Crippen molar-refractivity contribution in [2.75, 3.05) is 12.1 Å². The number of methoxy groups -OCH3 is 1. The van der Waals surface area contributed by atoms with Gasteiger partial charge in [0.2, 0.25) is 0 Å². The molecule has 0 radical (unpaired) electrons. The van der Waals surface area contributed by atoms with Gasteiger partial charge in [-0.3, -0.25) is 25.1 Å². The molecule has 1 aliphatic heterocycles. The van der Waals surface area contributed by atoms with E-state index in [1.807, 2.05) is 0 Å². The molecule has 10 heteroatoms. The Morgan fingerprint density at radius 1 is 1.09 bits per heavy atom. The number of ether oxygens (including phenoxy) is 2. The van der Waals surface area contributed by atoms with Crippen molar-refractivity contribution in [3.8, 4) is 11.5 Å². The number of amides is 2. The number of carbonyl (C=O) groups excluding carboxylic acids is 2. The van der Waals surface area contributed by atoms with Crippen LogP contribution in [0.25, 0.3) is 6.08 Å². The van der Waals surface area contributed by atoms with Crippen LogP contribution in [0.2, 0.25) is 5.02 Å². The number of benzene rings is 3. The van der Waals surface area contributed by atoms with E-state index in [1.165, 1.54) is 25.3 Å². The van der Waals surface area contributed by atoms with Crippen molar-refractivity contribution in [2.24, 2.45) is 0 Å². The molecule has 0 aliphatic carbocycles. The molecule has 1 saturated heterocycles. The quantitative estimate of drug-likeness (QED) is 0.234. The van der Waals surface area contributed by atoms with Crippen LogP contribution in [0.4, 0.5) is 11.4 Å². The summed E-state index contributed by atoms with van der Waals surface area (Å²) in [5, 5.41) is 12.3. The van der Waals surface area contributed by atoms with Crippen LogP contribution in [0.5, 0.6) is 11.5 Å². The molecular weight excluding hydrogens is 462 g/mol. The largest absolute Gasteiger partial charge is 0.493 e. The molecule has 0 saturated carbocycles. The van der Waals surface area contributed by atoms with Crippen LogP contribution < -0.4 is 19.9 Å². The number of rotatable bonds is 7. The Labute approximate surface area is 199 Å². The molecule has 1 fully saturated rings. The molecule has 1 aliphatic rings.